The molecule has 33 heavy (non-hydrogen) atoms. The van der Waals surface area contributed by atoms with Crippen molar-refractivity contribution in [2.24, 2.45) is 0 Å². The van der Waals surface area contributed by atoms with Gasteiger partial charge in [0, 0.05) is 18.9 Å². The van der Waals surface area contributed by atoms with Gasteiger partial charge < -0.3 is 19.5 Å². The number of Topliss-reactive ketones (excluding diaryl/α,β-unsaturated/α-hetero) is 1. The van der Waals surface area contributed by atoms with Crippen molar-refractivity contribution in [1.29, 1.82) is 0 Å². The molecule has 0 radical (unpaired) electrons. The van der Waals surface area contributed by atoms with Crippen LogP contribution >= 0.6 is 0 Å². The maximum atomic E-state index is 13.2. The van der Waals surface area contributed by atoms with Crippen LogP contribution in [0.4, 0.5) is 0 Å². The number of rotatable bonds is 7. The number of carbonyl (C=O) groups excluding carboxylic acids is 2. The number of ketones is 1. The molecule has 7 nitrogen and oxygen atoms in total. The summed E-state index contributed by atoms with van der Waals surface area (Å²) in [7, 11) is 1.48. The molecular weight excluding hydrogens is 420 g/mol. The summed E-state index contributed by atoms with van der Waals surface area (Å²) in [5.41, 5.74) is 1.80. The largest absolute Gasteiger partial charge is 0.507 e. The zero-order valence-electron chi connectivity index (χ0n) is 18.4. The van der Waals surface area contributed by atoms with Gasteiger partial charge in [-0.1, -0.05) is 30.3 Å². The van der Waals surface area contributed by atoms with Gasteiger partial charge in [0.2, 0.25) is 0 Å². The molecule has 1 atom stereocenters. The van der Waals surface area contributed by atoms with Crippen LogP contribution in [0.2, 0.25) is 0 Å². The van der Waals surface area contributed by atoms with Gasteiger partial charge in [-0.25, -0.2) is 0 Å². The van der Waals surface area contributed by atoms with E-state index in [2.05, 4.69) is 4.98 Å². The molecule has 1 N–H and O–H groups in total. The molecule has 4 rings (SSSR count). The number of amides is 1. The second-order valence-electron chi connectivity index (χ2n) is 7.49. The number of nitrogens with zero attached hydrogens (tertiary/aromatic N) is 2. The molecule has 0 spiro atoms. The van der Waals surface area contributed by atoms with Gasteiger partial charge in [-0.15, -0.1) is 0 Å². The molecule has 0 bridgehead atoms. The molecule has 1 fully saturated rings. The van der Waals surface area contributed by atoms with E-state index in [-0.39, 0.29) is 17.9 Å². The predicted octanol–water partition coefficient (Wildman–Crippen LogP) is 4.11. The summed E-state index contributed by atoms with van der Waals surface area (Å²) in [6, 6.07) is 16.8. The SMILES string of the molecule is CCOc1ccc(C2/C(=C(\O)c3ccccc3OC)C(=O)C(=O)N2Cc2cccnc2)cc1. The summed E-state index contributed by atoms with van der Waals surface area (Å²) in [4.78, 5) is 31.9. The molecule has 2 heterocycles. The zero-order chi connectivity index (χ0) is 23.4. The van der Waals surface area contributed by atoms with Gasteiger partial charge in [0.25, 0.3) is 11.7 Å². The zero-order valence-corrected chi connectivity index (χ0v) is 18.4. The number of hydrogen-bond donors (Lipinski definition) is 1. The lowest BCUT2D eigenvalue weighted by Crippen LogP contribution is -2.29. The normalized spacial score (nSPS) is 17.3. The highest BCUT2D eigenvalue weighted by molar-refractivity contribution is 6.46. The smallest absolute Gasteiger partial charge is 0.295 e. The first-order valence-electron chi connectivity index (χ1n) is 10.6. The summed E-state index contributed by atoms with van der Waals surface area (Å²) in [5.74, 6) is -0.636. The van der Waals surface area contributed by atoms with Crippen molar-refractivity contribution in [1.82, 2.24) is 9.88 Å². The molecule has 1 amide bonds. The summed E-state index contributed by atoms with van der Waals surface area (Å²) in [6.45, 7) is 2.58. The molecule has 1 aliphatic heterocycles. The van der Waals surface area contributed by atoms with Gasteiger partial charge in [0.05, 0.1) is 30.9 Å². The van der Waals surface area contributed by atoms with Crippen LogP contribution in [0.3, 0.4) is 0 Å². The van der Waals surface area contributed by atoms with Crippen LogP contribution in [-0.2, 0) is 16.1 Å². The van der Waals surface area contributed by atoms with E-state index in [1.54, 1.807) is 67.0 Å². The first-order valence-corrected chi connectivity index (χ1v) is 10.6. The van der Waals surface area contributed by atoms with Gasteiger partial charge in [0.15, 0.2) is 0 Å². The van der Waals surface area contributed by atoms with Crippen LogP contribution < -0.4 is 9.47 Å². The third kappa shape index (κ3) is 4.30. The molecular formula is C26H24N2O5. The number of pyridine rings is 1. The average Bonchev–Trinajstić information content (AvgIpc) is 3.10. The number of aromatic nitrogens is 1. The van der Waals surface area contributed by atoms with Crippen molar-refractivity contribution in [2.45, 2.75) is 19.5 Å². The molecule has 1 aromatic heterocycles. The number of carbonyl (C=O) groups is 2. The molecule has 1 saturated heterocycles. The minimum absolute atomic E-state index is 0.0116. The third-order valence-corrected chi connectivity index (χ3v) is 5.48. The third-order valence-electron chi connectivity index (χ3n) is 5.48. The number of benzene rings is 2. The van der Waals surface area contributed by atoms with Gasteiger partial charge in [-0.3, -0.25) is 14.6 Å². The van der Waals surface area contributed by atoms with Crippen molar-refractivity contribution in [3.05, 3.63) is 95.3 Å². The Hall–Kier alpha value is -4.13. The molecule has 0 aliphatic carbocycles. The molecule has 168 valence electrons. The monoisotopic (exact) mass is 444 g/mol. The first kappa shape index (κ1) is 22.1. The molecule has 1 aliphatic rings. The van der Waals surface area contributed by atoms with E-state index < -0.39 is 17.7 Å². The fraction of sp³-hybridized carbons (Fsp3) is 0.192. The van der Waals surface area contributed by atoms with Gasteiger partial charge in [-0.2, -0.15) is 0 Å². The van der Waals surface area contributed by atoms with E-state index in [4.69, 9.17) is 9.47 Å². The Labute approximate surface area is 191 Å². The highest BCUT2D eigenvalue weighted by Crippen LogP contribution is 2.41. The topological polar surface area (TPSA) is 89.0 Å². The number of para-hydroxylation sites is 1. The fourth-order valence-electron chi connectivity index (χ4n) is 3.98. The molecule has 2 aromatic carbocycles. The first-order chi connectivity index (χ1) is 16.0. The number of aliphatic hydroxyl groups excluding tert-OH is 1. The Morgan fingerprint density at radius 1 is 1.06 bits per heavy atom. The summed E-state index contributed by atoms with van der Waals surface area (Å²) >= 11 is 0. The predicted molar refractivity (Wildman–Crippen MR) is 123 cm³/mol. The lowest BCUT2D eigenvalue weighted by Gasteiger charge is -2.25. The molecule has 0 saturated carbocycles. The summed E-state index contributed by atoms with van der Waals surface area (Å²) < 4.78 is 10.9. The average molecular weight is 444 g/mol. The number of methoxy groups -OCH3 is 1. The lowest BCUT2D eigenvalue weighted by molar-refractivity contribution is -0.140. The van der Waals surface area contributed by atoms with Crippen LogP contribution in [0.5, 0.6) is 11.5 Å². The van der Waals surface area contributed by atoms with Crippen molar-refractivity contribution < 1.29 is 24.2 Å². The Balaban J connectivity index is 1.86. The van der Waals surface area contributed by atoms with Gasteiger partial charge >= 0.3 is 0 Å². The molecule has 1 unspecified atom stereocenters. The van der Waals surface area contributed by atoms with Crippen LogP contribution in [0.15, 0.2) is 78.6 Å². The maximum Gasteiger partial charge on any atom is 0.295 e. The second-order valence-corrected chi connectivity index (χ2v) is 7.49. The van der Waals surface area contributed by atoms with E-state index in [0.717, 1.165) is 5.56 Å². The lowest BCUT2D eigenvalue weighted by atomic mass is 9.95. The molecule has 7 heteroatoms. The van der Waals surface area contributed by atoms with Crippen LogP contribution in [0.1, 0.15) is 29.7 Å². The van der Waals surface area contributed by atoms with E-state index >= 15 is 0 Å². The van der Waals surface area contributed by atoms with E-state index in [9.17, 15) is 14.7 Å². The highest BCUT2D eigenvalue weighted by Gasteiger charge is 2.46. The maximum absolute atomic E-state index is 13.2. The molecule has 3 aromatic rings. The summed E-state index contributed by atoms with van der Waals surface area (Å²) in [5, 5.41) is 11.2. The number of ether oxygens (including phenoxy) is 2. The Morgan fingerprint density at radius 3 is 2.48 bits per heavy atom. The van der Waals surface area contributed by atoms with Crippen molar-refractivity contribution in [2.75, 3.05) is 13.7 Å². The highest BCUT2D eigenvalue weighted by atomic mass is 16.5. The number of aliphatic hydroxyl groups is 1. The minimum Gasteiger partial charge on any atom is -0.507 e. The van der Waals surface area contributed by atoms with Crippen LogP contribution in [0, 0.1) is 0 Å². The van der Waals surface area contributed by atoms with E-state index in [1.807, 2.05) is 13.0 Å². The van der Waals surface area contributed by atoms with Crippen molar-refractivity contribution in [3.63, 3.8) is 0 Å². The number of likely N-dealkylation sites (tertiary alicyclic amines) is 1. The van der Waals surface area contributed by atoms with E-state index in [0.29, 0.717) is 29.2 Å². The fourth-order valence-corrected chi connectivity index (χ4v) is 3.98. The van der Waals surface area contributed by atoms with Crippen molar-refractivity contribution in [3.8, 4) is 11.5 Å². The second kappa shape index (κ2) is 9.56. The Kier molecular flexibility index (Phi) is 6.40. The Morgan fingerprint density at radius 2 is 1.82 bits per heavy atom. The van der Waals surface area contributed by atoms with Crippen LogP contribution in [0.25, 0.3) is 5.76 Å². The Bertz CT molecular complexity index is 1190. The minimum atomic E-state index is -0.786. The van der Waals surface area contributed by atoms with E-state index in [1.165, 1.54) is 12.0 Å². The van der Waals surface area contributed by atoms with Gasteiger partial charge in [0.1, 0.15) is 17.3 Å². The quantitative estimate of drug-likeness (QED) is 0.335. The van der Waals surface area contributed by atoms with Gasteiger partial charge in [-0.05, 0) is 48.4 Å². The standard InChI is InChI=1S/C26H24N2O5/c1-3-33-19-12-10-18(11-13-19)23-22(24(29)20-8-4-5-9-21(20)32-2)25(30)26(31)28(23)16-17-7-6-14-27-15-17/h4-15,23,29H,3,16H2,1-2H3/b24-22+. The van der Waals surface area contributed by atoms with Crippen LogP contribution in [-0.4, -0.2) is 40.4 Å². The number of hydrogen-bond acceptors (Lipinski definition) is 6. The van der Waals surface area contributed by atoms with Crippen molar-refractivity contribution >= 4 is 17.4 Å². The summed E-state index contributed by atoms with van der Waals surface area (Å²) in [6.07, 6.45) is 3.29.